The van der Waals surface area contributed by atoms with Gasteiger partial charge in [0.05, 0.1) is 0 Å². The van der Waals surface area contributed by atoms with E-state index >= 15 is 0 Å². The van der Waals surface area contributed by atoms with Crippen LogP contribution in [0.3, 0.4) is 0 Å². The summed E-state index contributed by atoms with van der Waals surface area (Å²) in [6.07, 6.45) is 8.11. The highest BCUT2D eigenvalue weighted by molar-refractivity contribution is 5.22. The zero-order valence-corrected chi connectivity index (χ0v) is 10.4. The van der Waals surface area contributed by atoms with E-state index in [0.29, 0.717) is 5.92 Å². The van der Waals surface area contributed by atoms with Crippen LogP contribution in [0.2, 0.25) is 0 Å². The van der Waals surface area contributed by atoms with Gasteiger partial charge >= 0.3 is 0 Å². The van der Waals surface area contributed by atoms with Crippen LogP contribution >= 0.6 is 0 Å². The SMILES string of the molecule is C=C(C)[C@@H]1C=C2[C@@H](C)CC[C@@H](C)[C@H]2CC1. The smallest absolute Gasteiger partial charge is 0.00256 e. The molecule has 15 heavy (non-hydrogen) atoms. The van der Waals surface area contributed by atoms with Gasteiger partial charge in [-0.3, -0.25) is 0 Å². The van der Waals surface area contributed by atoms with Crippen LogP contribution in [-0.4, -0.2) is 0 Å². The average Bonchev–Trinajstić information content (AvgIpc) is 2.23. The van der Waals surface area contributed by atoms with Gasteiger partial charge in [-0.05, 0) is 56.3 Å². The van der Waals surface area contributed by atoms with Crippen molar-refractivity contribution in [2.75, 3.05) is 0 Å². The van der Waals surface area contributed by atoms with Crippen LogP contribution in [-0.2, 0) is 0 Å². The third-order valence-corrected chi connectivity index (χ3v) is 4.55. The minimum atomic E-state index is 0.670. The molecule has 1 fully saturated rings. The van der Waals surface area contributed by atoms with Crippen LogP contribution in [0.25, 0.3) is 0 Å². The van der Waals surface area contributed by atoms with Crippen LogP contribution in [0, 0.1) is 23.7 Å². The summed E-state index contributed by atoms with van der Waals surface area (Å²) >= 11 is 0. The number of rotatable bonds is 1. The third kappa shape index (κ3) is 2.04. The van der Waals surface area contributed by atoms with Crippen LogP contribution in [0.15, 0.2) is 23.8 Å². The van der Waals surface area contributed by atoms with Gasteiger partial charge in [-0.2, -0.15) is 0 Å². The summed E-state index contributed by atoms with van der Waals surface area (Å²) in [4.78, 5) is 0. The minimum absolute atomic E-state index is 0.670. The number of hydrogen-bond donors (Lipinski definition) is 0. The summed E-state index contributed by atoms with van der Waals surface area (Å²) in [7, 11) is 0. The van der Waals surface area contributed by atoms with Crippen LogP contribution < -0.4 is 0 Å². The van der Waals surface area contributed by atoms with Gasteiger partial charge in [0.2, 0.25) is 0 Å². The van der Waals surface area contributed by atoms with E-state index in [9.17, 15) is 0 Å². The molecule has 0 spiro atoms. The molecule has 0 heterocycles. The summed E-state index contributed by atoms with van der Waals surface area (Å²) in [5.74, 6) is 3.31. The fourth-order valence-corrected chi connectivity index (χ4v) is 3.38. The lowest BCUT2D eigenvalue weighted by Gasteiger charge is -2.40. The van der Waals surface area contributed by atoms with Crippen molar-refractivity contribution < 1.29 is 0 Å². The van der Waals surface area contributed by atoms with Crippen molar-refractivity contribution in [1.82, 2.24) is 0 Å². The second kappa shape index (κ2) is 4.15. The second-order valence-corrected chi connectivity index (χ2v) is 5.76. The Morgan fingerprint density at radius 2 is 1.93 bits per heavy atom. The topological polar surface area (TPSA) is 0 Å². The molecule has 4 atom stereocenters. The predicted molar refractivity (Wildman–Crippen MR) is 66.7 cm³/mol. The van der Waals surface area contributed by atoms with E-state index in [0.717, 1.165) is 17.8 Å². The van der Waals surface area contributed by atoms with Gasteiger partial charge in [0, 0.05) is 0 Å². The first-order valence-corrected chi connectivity index (χ1v) is 6.46. The van der Waals surface area contributed by atoms with E-state index in [1.54, 1.807) is 5.57 Å². The summed E-state index contributed by atoms with van der Waals surface area (Å²) in [5.41, 5.74) is 3.11. The summed E-state index contributed by atoms with van der Waals surface area (Å²) in [6.45, 7) is 11.1. The molecule has 84 valence electrons. The lowest BCUT2D eigenvalue weighted by molar-refractivity contribution is 0.248. The molecule has 0 unspecified atom stereocenters. The Kier molecular flexibility index (Phi) is 3.04. The zero-order valence-electron chi connectivity index (χ0n) is 10.4. The molecular weight excluding hydrogens is 180 g/mol. The predicted octanol–water partition coefficient (Wildman–Crippen LogP) is 4.58. The highest BCUT2D eigenvalue weighted by Gasteiger charge is 2.33. The molecule has 0 aliphatic heterocycles. The number of allylic oxidation sites excluding steroid dienone is 3. The van der Waals surface area contributed by atoms with Crippen molar-refractivity contribution in [2.45, 2.75) is 46.5 Å². The third-order valence-electron chi connectivity index (χ3n) is 4.55. The van der Waals surface area contributed by atoms with Crippen LogP contribution in [0.4, 0.5) is 0 Å². The minimum Gasteiger partial charge on any atom is -0.0995 e. The summed E-state index contributed by atoms with van der Waals surface area (Å²) in [5, 5.41) is 0. The monoisotopic (exact) mass is 204 g/mol. The molecule has 2 rings (SSSR count). The van der Waals surface area contributed by atoms with Gasteiger partial charge in [-0.1, -0.05) is 37.6 Å². The van der Waals surface area contributed by atoms with Crippen molar-refractivity contribution in [3.8, 4) is 0 Å². The first kappa shape index (κ1) is 11.0. The first-order valence-electron chi connectivity index (χ1n) is 6.46. The largest absolute Gasteiger partial charge is 0.0995 e. The van der Waals surface area contributed by atoms with Gasteiger partial charge in [0.15, 0.2) is 0 Å². The second-order valence-electron chi connectivity index (χ2n) is 5.76. The van der Waals surface area contributed by atoms with E-state index in [4.69, 9.17) is 0 Å². The van der Waals surface area contributed by atoms with Crippen molar-refractivity contribution >= 4 is 0 Å². The van der Waals surface area contributed by atoms with Crippen molar-refractivity contribution in [3.63, 3.8) is 0 Å². The molecule has 0 bridgehead atoms. The quantitative estimate of drug-likeness (QED) is 0.548. The highest BCUT2D eigenvalue weighted by atomic mass is 14.4. The molecule has 0 saturated heterocycles. The molecule has 0 aromatic carbocycles. The van der Waals surface area contributed by atoms with E-state index in [-0.39, 0.29) is 0 Å². The maximum atomic E-state index is 4.12. The molecule has 0 radical (unpaired) electrons. The van der Waals surface area contributed by atoms with Gasteiger partial charge in [-0.25, -0.2) is 0 Å². The van der Waals surface area contributed by atoms with E-state index in [1.807, 2.05) is 0 Å². The van der Waals surface area contributed by atoms with Crippen LogP contribution in [0.1, 0.15) is 46.5 Å². The van der Waals surface area contributed by atoms with E-state index < -0.39 is 0 Å². The average molecular weight is 204 g/mol. The molecule has 0 heteroatoms. The molecule has 2 aliphatic rings. The fourth-order valence-electron chi connectivity index (χ4n) is 3.38. The number of hydrogen-bond acceptors (Lipinski definition) is 0. The maximum Gasteiger partial charge on any atom is -0.00256 e. The molecule has 0 aromatic heterocycles. The lowest BCUT2D eigenvalue weighted by atomic mass is 9.65. The first-order chi connectivity index (χ1) is 7.09. The molecule has 0 aromatic rings. The maximum absolute atomic E-state index is 4.12. The molecule has 2 aliphatic carbocycles. The van der Waals surface area contributed by atoms with Crippen molar-refractivity contribution in [3.05, 3.63) is 23.8 Å². The van der Waals surface area contributed by atoms with Gasteiger partial charge in [0.1, 0.15) is 0 Å². The zero-order chi connectivity index (χ0) is 11.0. The van der Waals surface area contributed by atoms with E-state index in [1.165, 1.54) is 31.3 Å². The Labute approximate surface area is 94.5 Å². The van der Waals surface area contributed by atoms with Gasteiger partial charge in [0.25, 0.3) is 0 Å². The van der Waals surface area contributed by atoms with Crippen molar-refractivity contribution in [1.29, 1.82) is 0 Å². The Hall–Kier alpha value is -0.520. The van der Waals surface area contributed by atoms with Gasteiger partial charge in [-0.15, -0.1) is 0 Å². The normalized spacial score (nSPS) is 40.6. The Morgan fingerprint density at radius 3 is 2.60 bits per heavy atom. The Bertz CT molecular complexity index is 284. The molecule has 0 nitrogen and oxygen atoms in total. The molecule has 1 saturated carbocycles. The van der Waals surface area contributed by atoms with Crippen molar-refractivity contribution in [2.24, 2.45) is 23.7 Å². The summed E-state index contributed by atoms with van der Waals surface area (Å²) in [6, 6.07) is 0. The lowest BCUT2D eigenvalue weighted by Crippen LogP contribution is -2.28. The highest BCUT2D eigenvalue weighted by Crippen LogP contribution is 2.45. The standard InChI is InChI=1S/C15H24/c1-10(2)13-7-8-14-11(3)5-6-12(4)15(14)9-13/h9,11-14H,1,5-8H2,2-4H3/t11-,12+,13+,14-/m1/s1. The van der Waals surface area contributed by atoms with Crippen LogP contribution in [0.5, 0.6) is 0 Å². The number of fused-ring (bicyclic) bond motifs is 1. The van der Waals surface area contributed by atoms with Gasteiger partial charge < -0.3 is 0 Å². The fraction of sp³-hybridized carbons (Fsp3) is 0.733. The molecule has 0 N–H and O–H groups in total. The van der Waals surface area contributed by atoms with E-state index in [2.05, 4.69) is 33.4 Å². The summed E-state index contributed by atoms with van der Waals surface area (Å²) < 4.78 is 0. The molecular formula is C15H24. The Balaban J connectivity index is 2.23. The Morgan fingerprint density at radius 1 is 1.20 bits per heavy atom. The molecule has 0 amide bonds.